The van der Waals surface area contributed by atoms with E-state index in [1.165, 1.54) is 0 Å². The quantitative estimate of drug-likeness (QED) is 0.797. The van der Waals surface area contributed by atoms with E-state index in [1.807, 2.05) is 6.07 Å². The first-order chi connectivity index (χ1) is 11.1. The molecule has 0 aromatic heterocycles. The minimum Gasteiger partial charge on any atom is -0.497 e. The van der Waals surface area contributed by atoms with E-state index in [0.29, 0.717) is 22.7 Å². The van der Waals surface area contributed by atoms with Crippen LogP contribution in [0.3, 0.4) is 0 Å². The van der Waals surface area contributed by atoms with Crippen molar-refractivity contribution in [3.63, 3.8) is 0 Å². The van der Waals surface area contributed by atoms with Crippen LogP contribution in [0.25, 0.3) is 0 Å². The van der Waals surface area contributed by atoms with Crippen molar-refractivity contribution in [3.05, 3.63) is 54.1 Å². The van der Waals surface area contributed by atoms with Crippen molar-refractivity contribution in [2.75, 3.05) is 19.5 Å². The summed E-state index contributed by atoms with van der Waals surface area (Å²) >= 11 is 0. The van der Waals surface area contributed by atoms with Crippen molar-refractivity contribution < 1.29 is 19.1 Å². The lowest BCUT2D eigenvalue weighted by molar-refractivity contribution is -0.116. The number of nitrogens with one attached hydrogen (secondary N) is 1. The van der Waals surface area contributed by atoms with Crippen LogP contribution < -0.4 is 14.8 Å². The van der Waals surface area contributed by atoms with Gasteiger partial charge in [-0.05, 0) is 0 Å². The molecule has 0 aliphatic heterocycles. The Morgan fingerprint density at radius 2 is 1.52 bits per heavy atom. The molecule has 5 heteroatoms. The molecule has 0 saturated heterocycles. The number of anilines is 1. The van der Waals surface area contributed by atoms with Crippen molar-refractivity contribution >= 4 is 17.4 Å². The van der Waals surface area contributed by atoms with E-state index < -0.39 is 0 Å². The zero-order valence-electron chi connectivity index (χ0n) is 13.2. The number of benzene rings is 2. The number of hydrogen-bond donors (Lipinski definition) is 1. The minimum atomic E-state index is -0.232. The maximum atomic E-state index is 12.0. The molecule has 0 spiro atoms. The third-order valence-corrected chi connectivity index (χ3v) is 3.31. The molecule has 0 unspecified atom stereocenters. The van der Waals surface area contributed by atoms with Crippen LogP contribution >= 0.6 is 0 Å². The average Bonchev–Trinajstić information content (AvgIpc) is 2.60. The summed E-state index contributed by atoms with van der Waals surface area (Å²) in [5.41, 5.74) is 1.18. The summed E-state index contributed by atoms with van der Waals surface area (Å²) in [4.78, 5) is 24.0. The number of ether oxygens (including phenoxy) is 2. The summed E-state index contributed by atoms with van der Waals surface area (Å²) < 4.78 is 10.3. The van der Waals surface area contributed by atoms with E-state index in [0.717, 1.165) is 0 Å². The first-order valence-electron chi connectivity index (χ1n) is 7.23. The van der Waals surface area contributed by atoms with Crippen LogP contribution in [0.5, 0.6) is 11.5 Å². The molecular formula is C18H19NO4. The Morgan fingerprint density at radius 1 is 0.913 bits per heavy atom. The van der Waals surface area contributed by atoms with Gasteiger partial charge in [0.25, 0.3) is 0 Å². The van der Waals surface area contributed by atoms with Crippen molar-refractivity contribution in [1.29, 1.82) is 0 Å². The predicted octanol–water partition coefficient (Wildman–Crippen LogP) is 3.31. The minimum absolute atomic E-state index is 0.0519. The molecule has 2 aromatic rings. The number of carbonyl (C=O) groups is 2. The van der Waals surface area contributed by atoms with E-state index in [9.17, 15) is 9.59 Å². The molecule has 0 bridgehead atoms. The van der Waals surface area contributed by atoms with E-state index in [2.05, 4.69) is 5.32 Å². The van der Waals surface area contributed by atoms with Gasteiger partial charge in [-0.1, -0.05) is 30.3 Å². The second-order valence-corrected chi connectivity index (χ2v) is 4.94. The fourth-order valence-corrected chi connectivity index (χ4v) is 2.10. The summed E-state index contributed by atoms with van der Waals surface area (Å²) in [6.07, 6.45) is 0.282. The maximum absolute atomic E-state index is 12.0. The summed E-state index contributed by atoms with van der Waals surface area (Å²) in [6.45, 7) is 0. The summed E-state index contributed by atoms with van der Waals surface area (Å²) in [5.74, 6) is 0.883. The summed E-state index contributed by atoms with van der Waals surface area (Å²) in [6, 6.07) is 14.0. The second-order valence-electron chi connectivity index (χ2n) is 4.94. The van der Waals surface area contributed by atoms with Crippen molar-refractivity contribution in [2.45, 2.75) is 12.8 Å². The first-order valence-corrected chi connectivity index (χ1v) is 7.23. The number of Topliss-reactive ketones (excluding diaryl/α,β-unsaturated/α-hetero) is 1. The Kier molecular flexibility index (Phi) is 5.74. The van der Waals surface area contributed by atoms with Crippen LogP contribution in [0.1, 0.15) is 23.2 Å². The van der Waals surface area contributed by atoms with Gasteiger partial charge in [0.2, 0.25) is 5.91 Å². The van der Waals surface area contributed by atoms with Gasteiger partial charge in [0.05, 0.1) is 14.2 Å². The van der Waals surface area contributed by atoms with Gasteiger partial charge in [0.15, 0.2) is 5.78 Å². The molecule has 1 amide bonds. The topological polar surface area (TPSA) is 64.6 Å². The molecule has 1 N–H and O–H groups in total. The molecule has 0 fully saturated rings. The predicted molar refractivity (Wildman–Crippen MR) is 88.2 cm³/mol. The Morgan fingerprint density at radius 3 is 2.09 bits per heavy atom. The SMILES string of the molecule is COc1cc(NC(=O)CCC(=O)c2ccccc2)cc(OC)c1. The third-order valence-electron chi connectivity index (χ3n) is 3.31. The van der Waals surface area contributed by atoms with Gasteiger partial charge in [-0.2, -0.15) is 0 Å². The van der Waals surface area contributed by atoms with E-state index in [-0.39, 0.29) is 24.5 Å². The maximum Gasteiger partial charge on any atom is 0.224 e. The molecule has 0 heterocycles. The highest BCUT2D eigenvalue weighted by Crippen LogP contribution is 2.25. The van der Waals surface area contributed by atoms with Gasteiger partial charge in [0, 0.05) is 42.3 Å². The first kappa shape index (κ1) is 16.5. The number of amides is 1. The van der Waals surface area contributed by atoms with E-state index >= 15 is 0 Å². The Labute approximate surface area is 135 Å². The number of carbonyl (C=O) groups excluding carboxylic acids is 2. The van der Waals surface area contributed by atoms with Gasteiger partial charge in [-0.25, -0.2) is 0 Å². The average molecular weight is 313 g/mol. The van der Waals surface area contributed by atoms with Crippen LogP contribution in [-0.4, -0.2) is 25.9 Å². The number of methoxy groups -OCH3 is 2. The molecule has 23 heavy (non-hydrogen) atoms. The molecule has 0 aliphatic rings. The highest BCUT2D eigenvalue weighted by Gasteiger charge is 2.10. The Bertz CT molecular complexity index is 660. The van der Waals surface area contributed by atoms with Crippen LogP contribution in [0, 0.1) is 0 Å². The molecular weight excluding hydrogens is 294 g/mol. The van der Waals surface area contributed by atoms with Gasteiger partial charge < -0.3 is 14.8 Å². The van der Waals surface area contributed by atoms with Gasteiger partial charge in [0.1, 0.15) is 11.5 Å². The number of ketones is 1. The van der Waals surface area contributed by atoms with Crippen molar-refractivity contribution in [3.8, 4) is 11.5 Å². The molecule has 0 aliphatic carbocycles. The molecule has 0 atom stereocenters. The highest BCUT2D eigenvalue weighted by molar-refractivity contribution is 6.00. The van der Waals surface area contributed by atoms with Gasteiger partial charge >= 0.3 is 0 Å². The van der Waals surface area contributed by atoms with E-state index in [1.54, 1.807) is 56.7 Å². The molecule has 0 saturated carbocycles. The van der Waals surface area contributed by atoms with Gasteiger partial charge in [-0.15, -0.1) is 0 Å². The molecule has 0 radical (unpaired) electrons. The fourth-order valence-electron chi connectivity index (χ4n) is 2.10. The van der Waals surface area contributed by atoms with E-state index in [4.69, 9.17) is 9.47 Å². The second kappa shape index (κ2) is 7.98. The molecule has 120 valence electrons. The third kappa shape index (κ3) is 4.85. The normalized spacial score (nSPS) is 10.0. The summed E-state index contributed by atoms with van der Waals surface area (Å²) in [5, 5.41) is 2.75. The smallest absolute Gasteiger partial charge is 0.224 e. The lowest BCUT2D eigenvalue weighted by Crippen LogP contribution is -2.13. The fraction of sp³-hybridized carbons (Fsp3) is 0.222. The molecule has 2 rings (SSSR count). The van der Waals surface area contributed by atoms with Gasteiger partial charge in [-0.3, -0.25) is 9.59 Å². The lowest BCUT2D eigenvalue weighted by Gasteiger charge is -2.09. The Hall–Kier alpha value is -2.82. The van der Waals surface area contributed by atoms with Crippen molar-refractivity contribution in [2.24, 2.45) is 0 Å². The summed E-state index contributed by atoms with van der Waals surface area (Å²) in [7, 11) is 3.08. The standard InChI is InChI=1S/C18H19NO4/c1-22-15-10-14(11-16(12-15)23-2)19-18(21)9-8-17(20)13-6-4-3-5-7-13/h3-7,10-12H,8-9H2,1-2H3,(H,19,21). The van der Waals surface area contributed by atoms with Crippen LogP contribution in [0.2, 0.25) is 0 Å². The lowest BCUT2D eigenvalue weighted by atomic mass is 10.1. The van der Waals surface area contributed by atoms with Crippen LogP contribution in [-0.2, 0) is 4.79 Å². The monoisotopic (exact) mass is 313 g/mol. The zero-order chi connectivity index (χ0) is 16.7. The largest absolute Gasteiger partial charge is 0.497 e. The van der Waals surface area contributed by atoms with Crippen molar-refractivity contribution in [1.82, 2.24) is 0 Å². The van der Waals surface area contributed by atoms with Crippen LogP contribution in [0.15, 0.2) is 48.5 Å². The molecule has 5 nitrogen and oxygen atoms in total. The zero-order valence-corrected chi connectivity index (χ0v) is 13.2. The molecule has 2 aromatic carbocycles. The van der Waals surface area contributed by atoms with Crippen LogP contribution in [0.4, 0.5) is 5.69 Å². The highest BCUT2D eigenvalue weighted by atomic mass is 16.5. The number of hydrogen-bond acceptors (Lipinski definition) is 4. The Balaban J connectivity index is 1.93. The number of rotatable bonds is 7.